The van der Waals surface area contributed by atoms with Gasteiger partial charge in [0.25, 0.3) is 0 Å². The van der Waals surface area contributed by atoms with Crippen LogP contribution < -0.4 is 5.32 Å². The van der Waals surface area contributed by atoms with Crippen LogP contribution in [-0.2, 0) is 16.1 Å². The third-order valence-corrected chi connectivity index (χ3v) is 6.75. The molecular formula is C25H33N3O3. The van der Waals surface area contributed by atoms with Gasteiger partial charge < -0.3 is 19.5 Å². The number of nitrogens with zero attached hydrogens (tertiary/aromatic N) is 2. The molecule has 6 nitrogen and oxygen atoms in total. The van der Waals surface area contributed by atoms with Gasteiger partial charge in [-0.05, 0) is 68.7 Å². The lowest BCUT2D eigenvalue weighted by atomic mass is 9.82. The predicted octanol–water partition coefficient (Wildman–Crippen LogP) is 4.82. The second kappa shape index (κ2) is 9.58. The second-order valence-corrected chi connectivity index (χ2v) is 8.64. The number of carbonyl (C=O) groups excluding carboxylic acids is 2. The van der Waals surface area contributed by atoms with Crippen LogP contribution in [0.4, 0.5) is 4.79 Å². The number of hydrogen-bond acceptors (Lipinski definition) is 3. The summed E-state index contributed by atoms with van der Waals surface area (Å²) in [6.45, 7) is 5.67. The summed E-state index contributed by atoms with van der Waals surface area (Å²) in [5, 5.41) is 3.20. The molecule has 1 saturated carbocycles. The minimum Gasteiger partial charge on any atom is -0.466 e. The number of carbonyl (C=O) groups is 2. The number of nitrogens with one attached hydrogen (secondary N) is 1. The Hall–Kier alpha value is -2.76. The molecule has 0 saturated heterocycles. The van der Waals surface area contributed by atoms with E-state index in [0.717, 1.165) is 49.0 Å². The molecule has 6 heteroatoms. The third-order valence-electron chi connectivity index (χ3n) is 6.75. The van der Waals surface area contributed by atoms with Gasteiger partial charge in [-0.15, -0.1) is 0 Å². The third kappa shape index (κ3) is 4.48. The summed E-state index contributed by atoms with van der Waals surface area (Å²) in [7, 11) is 0. The van der Waals surface area contributed by atoms with Crippen LogP contribution in [0.1, 0.15) is 63.3 Å². The van der Waals surface area contributed by atoms with Gasteiger partial charge in [-0.3, -0.25) is 4.79 Å². The quantitative estimate of drug-likeness (QED) is 0.701. The van der Waals surface area contributed by atoms with Gasteiger partial charge in [0, 0.05) is 18.4 Å². The highest BCUT2D eigenvalue weighted by molar-refractivity contribution is 5.75. The van der Waals surface area contributed by atoms with Gasteiger partial charge in [-0.2, -0.15) is 0 Å². The van der Waals surface area contributed by atoms with Gasteiger partial charge in [0.15, 0.2) is 0 Å². The Kier molecular flexibility index (Phi) is 6.64. The highest BCUT2D eigenvalue weighted by Gasteiger charge is 2.32. The molecule has 1 aromatic heterocycles. The van der Waals surface area contributed by atoms with Crippen molar-refractivity contribution in [2.24, 2.45) is 11.8 Å². The summed E-state index contributed by atoms with van der Waals surface area (Å²) >= 11 is 0. The van der Waals surface area contributed by atoms with Crippen LogP contribution in [0.5, 0.6) is 0 Å². The molecule has 2 aliphatic rings. The zero-order valence-electron chi connectivity index (χ0n) is 18.5. The summed E-state index contributed by atoms with van der Waals surface area (Å²) in [6.07, 6.45) is 6.54. The molecule has 2 aromatic rings. The lowest BCUT2D eigenvalue weighted by Crippen LogP contribution is -2.43. The van der Waals surface area contributed by atoms with Crippen molar-refractivity contribution in [1.29, 1.82) is 0 Å². The average molecular weight is 424 g/mol. The molecule has 1 aromatic carbocycles. The minimum atomic E-state index is -0.0676. The van der Waals surface area contributed by atoms with Crippen molar-refractivity contribution >= 4 is 12.0 Å². The maximum atomic E-state index is 13.3. The van der Waals surface area contributed by atoms with E-state index in [1.807, 2.05) is 24.0 Å². The summed E-state index contributed by atoms with van der Waals surface area (Å²) in [5.74, 6) is 0.367. The van der Waals surface area contributed by atoms with E-state index in [2.05, 4.69) is 47.3 Å². The maximum Gasteiger partial charge on any atom is 0.318 e. The number of aromatic nitrogens is 1. The summed E-state index contributed by atoms with van der Waals surface area (Å²) in [4.78, 5) is 27.2. The van der Waals surface area contributed by atoms with Crippen molar-refractivity contribution in [3.63, 3.8) is 0 Å². The first kappa shape index (κ1) is 21.5. The van der Waals surface area contributed by atoms with Gasteiger partial charge >= 0.3 is 12.0 Å². The number of fused-ring (bicyclic) bond motifs is 3. The van der Waals surface area contributed by atoms with Gasteiger partial charge in [0.05, 0.1) is 30.8 Å². The number of rotatable bonds is 5. The first-order valence-corrected chi connectivity index (χ1v) is 11.6. The van der Waals surface area contributed by atoms with Crippen molar-refractivity contribution in [2.75, 3.05) is 13.2 Å². The van der Waals surface area contributed by atoms with Gasteiger partial charge in [0.1, 0.15) is 0 Å². The topological polar surface area (TPSA) is 63.6 Å². The van der Waals surface area contributed by atoms with Crippen LogP contribution in [0.3, 0.4) is 0 Å². The SMILES string of the molecule is CCOC(=O)C1CCC(CNC(=O)N2Cc3ccccc3-n3cccc3[C@@H]2CC)CC1. The molecule has 31 heavy (non-hydrogen) atoms. The number of benzene rings is 1. The largest absolute Gasteiger partial charge is 0.466 e. The van der Waals surface area contributed by atoms with E-state index in [4.69, 9.17) is 4.74 Å². The van der Waals surface area contributed by atoms with E-state index >= 15 is 0 Å². The number of hydrogen-bond donors (Lipinski definition) is 1. The smallest absolute Gasteiger partial charge is 0.318 e. The van der Waals surface area contributed by atoms with E-state index < -0.39 is 0 Å². The molecule has 0 bridgehead atoms. The fraction of sp³-hybridized carbons (Fsp3) is 0.520. The van der Waals surface area contributed by atoms with E-state index in [1.54, 1.807) is 0 Å². The summed E-state index contributed by atoms with van der Waals surface area (Å²) in [6, 6.07) is 12.5. The van der Waals surface area contributed by atoms with Crippen LogP contribution in [0.25, 0.3) is 5.69 Å². The number of amides is 2. The van der Waals surface area contributed by atoms with Gasteiger partial charge in [-0.25, -0.2) is 4.79 Å². The molecule has 0 radical (unpaired) electrons. The Balaban J connectivity index is 1.41. The Bertz CT molecular complexity index is 914. The fourth-order valence-corrected chi connectivity index (χ4v) is 5.06. The molecule has 2 amide bonds. The summed E-state index contributed by atoms with van der Waals surface area (Å²) < 4.78 is 7.38. The van der Waals surface area contributed by atoms with Gasteiger partial charge in [-0.1, -0.05) is 25.1 Å². The van der Waals surface area contributed by atoms with Crippen molar-refractivity contribution in [3.8, 4) is 5.69 Å². The van der Waals surface area contributed by atoms with Crippen molar-refractivity contribution in [1.82, 2.24) is 14.8 Å². The fourth-order valence-electron chi connectivity index (χ4n) is 5.06. The number of urea groups is 1. The van der Waals surface area contributed by atoms with E-state index in [9.17, 15) is 9.59 Å². The first-order valence-electron chi connectivity index (χ1n) is 11.6. The highest BCUT2D eigenvalue weighted by atomic mass is 16.5. The molecule has 166 valence electrons. The van der Waals surface area contributed by atoms with Crippen molar-refractivity contribution < 1.29 is 14.3 Å². The van der Waals surface area contributed by atoms with Crippen molar-refractivity contribution in [2.45, 2.75) is 58.5 Å². The second-order valence-electron chi connectivity index (χ2n) is 8.64. The number of esters is 1. The molecular weight excluding hydrogens is 390 g/mol. The Morgan fingerprint density at radius 1 is 1.06 bits per heavy atom. The molecule has 1 aliphatic heterocycles. The highest BCUT2D eigenvalue weighted by Crippen LogP contribution is 2.34. The molecule has 1 N–H and O–H groups in total. The molecule has 2 heterocycles. The summed E-state index contributed by atoms with van der Waals surface area (Å²) in [5.41, 5.74) is 3.45. The number of ether oxygens (including phenoxy) is 1. The van der Waals surface area contributed by atoms with E-state index in [1.165, 1.54) is 0 Å². The molecule has 1 aliphatic carbocycles. The zero-order chi connectivity index (χ0) is 21.8. The number of para-hydroxylation sites is 1. The van der Waals surface area contributed by atoms with Crippen LogP contribution >= 0.6 is 0 Å². The maximum absolute atomic E-state index is 13.3. The Morgan fingerprint density at radius 2 is 1.84 bits per heavy atom. The Morgan fingerprint density at radius 3 is 2.58 bits per heavy atom. The van der Waals surface area contributed by atoms with Crippen LogP contribution in [-0.4, -0.2) is 34.6 Å². The molecule has 0 unspecified atom stereocenters. The normalized spacial score (nSPS) is 22.8. The van der Waals surface area contributed by atoms with Crippen LogP contribution in [0, 0.1) is 11.8 Å². The molecule has 1 atom stereocenters. The molecule has 1 fully saturated rings. The minimum absolute atomic E-state index is 0.0104. The predicted molar refractivity (Wildman–Crippen MR) is 120 cm³/mol. The lowest BCUT2D eigenvalue weighted by molar-refractivity contribution is -0.149. The van der Waals surface area contributed by atoms with Gasteiger partial charge in [0.2, 0.25) is 0 Å². The lowest BCUT2D eigenvalue weighted by Gasteiger charge is -2.32. The van der Waals surface area contributed by atoms with Crippen LogP contribution in [0.15, 0.2) is 42.6 Å². The average Bonchev–Trinajstić information content (AvgIpc) is 3.22. The van der Waals surface area contributed by atoms with E-state index in [0.29, 0.717) is 25.6 Å². The standard InChI is InChI=1S/C25H33N3O3/c1-3-21-23-10-7-15-27(23)22-9-6-5-8-20(22)17-28(21)25(30)26-16-18-11-13-19(14-12-18)24(29)31-4-2/h5-10,15,18-19,21H,3-4,11-14,16-17H2,1-2H3,(H,26,30)/t18?,19?,21-/m0/s1. The molecule has 0 spiro atoms. The van der Waals surface area contributed by atoms with E-state index in [-0.39, 0.29) is 24.0 Å². The van der Waals surface area contributed by atoms with Crippen LogP contribution in [0.2, 0.25) is 0 Å². The molecule has 4 rings (SSSR count). The monoisotopic (exact) mass is 423 g/mol. The zero-order valence-corrected chi connectivity index (χ0v) is 18.5. The van der Waals surface area contributed by atoms with Crippen molar-refractivity contribution in [3.05, 3.63) is 53.9 Å². The Labute approximate surface area is 184 Å². The first-order chi connectivity index (χ1) is 15.1.